The number of nitrogens with one attached hydrogen (secondary N) is 1. The molecule has 0 aromatic heterocycles. The van der Waals surface area contributed by atoms with Gasteiger partial charge in [0.1, 0.15) is 0 Å². The van der Waals surface area contributed by atoms with E-state index in [4.69, 9.17) is 11.6 Å². The summed E-state index contributed by atoms with van der Waals surface area (Å²) in [5, 5.41) is 3.94. The van der Waals surface area contributed by atoms with Gasteiger partial charge in [-0.2, -0.15) is 11.8 Å². The second-order valence-corrected chi connectivity index (χ2v) is 5.92. The van der Waals surface area contributed by atoms with E-state index in [9.17, 15) is 0 Å². The third-order valence-electron chi connectivity index (χ3n) is 2.85. The summed E-state index contributed by atoms with van der Waals surface area (Å²) in [7, 11) is 0. The predicted octanol–water partition coefficient (Wildman–Crippen LogP) is 3.13. The Morgan fingerprint density at radius 2 is 2.14 bits per heavy atom. The van der Waals surface area contributed by atoms with Crippen molar-refractivity contribution in [3.8, 4) is 0 Å². The number of halogens is 1. The van der Waals surface area contributed by atoms with E-state index in [1.165, 1.54) is 37.2 Å². The highest BCUT2D eigenvalue weighted by atomic mass is 35.5. The van der Waals surface area contributed by atoms with Gasteiger partial charge in [-0.25, -0.2) is 0 Å². The topological polar surface area (TPSA) is 12.0 Å². The van der Waals surface area contributed by atoms with Gasteiger partial charge in [-0.15, -0.1) is 11.6 Å². The van der Waals surface area contributed by atoms with Gasteiger partial charge in [-0.3, -0.25) is 0 Å². The first kappa shape index (κ1) is 12.7. The van der Waals surface area contributed by atoms with E-state index in [2.05, 4.69) is 12.2 Å². The molecule has 0 bridgehead atoms. The third-order valence-corrected chi connectivity index (χ3v) is 4.33. The molecule has 1 rings (SSSR count). The summed E-state index contributed by atoms with van der Waals surface area (Å²) in [6.07, 6.45) is 5.25. The summed E-state index contributed by atoms with van der Waals surface area (Å²) in [4.78, 5) is 0. The summed E-state index contributed by atoms with van der Waals surface area (Å²) >= 11 is 8.28. The van der Waals surface area contributed by atoms with Gasteiger partial charge in [0.25, 0.3) is 0 Å². The van der Waals surface area contributed by atoms with Crippen LogP contribution in [-0.4, -0.2) is 30.0 Å². The van der Waals surface area contributed by atoms with Gasteiger partial charge < -0.3 is 5.32 Å². The van der Waals surface area contributed by atoms with Gasteiger partial charge in [0, 0.05) is 17.7 Å². The van der Waals surface area contributed by atoms with Crippen molar-refractivity contribution in [3.63, 3.8) is 0 Å². The highest BCUT2D eigenvalue weighted by Crippen LogP contribution is 2.27. The Bertz CT molecular complexity index is 143. The highest BCUT2D eigenvalue weighted by Gasteiger charge is 2.22. The molecule has 0 radical (unpaired) electrons. The number of alkyl halides is 1. The van der Waals surface area contributed by atoms with Crippen molar-refractivity contribution >= 4 is 23.4 Å². The van der Waals surface area contributed by atoms with E-state index in [-0.39, 0.29) is 0 Å². The van der Waals surface area contributed by atoms with Crippen molar-refractivity contribution < 1.29 is 0 Å². The van der Waals surface area contributed by atoms with Crippen LogP contribution in [0.2, 0.25) is 0 Å². The molecule has 0 heterocycles. The Morgan fingerprint density at radius 1 is 1.36 bits per heavy atom. The highest BCUT2D eigenvalue weighted by molar-refractivity contribution is 7.99. The van der Waals surface area contributed by atoms with E-state index in [0.717, 1.165) is 19.0 Å². The second-order valence-electron chi connectivity index (χ2n) is 3.96. The van der Waals surface area contributed by atoms with E-state index in [0.29, 0.717) is 5.38 Å². The molecule has 1 aliphatic rings. The molecule has 3 heteroatoms. The average molecular weight is 236 g/mol. The van der Waals surface area contributed by atoms with Gasteiger partial charge >= 0.3 is 0 Å². The molecule has 0 aromatic carbocycles. The first-order valence-electron chi connectivity index (χ1n) is 5.77. The molecule has 0 aromatic rings. The summed E-state index contributed by atoms with van der Waals surface area (Å²) < 4.78 is 0. The van der Waals surface area contributed by atoms with Crippen molar-refractivity contribution in [2.45, 2.75) is 38.0 Å². The van der Waals surface area contributed by atoms with E-state index < -0.39 is 0 Å². The first-order chi connectivity index (χ1) is 6.84. The summed E-state index contributed by atoms with van der Waals surface area (Å²) in [6, 6.07) is 0. The van der Waals surface area contributed by atoms with E-state index in [1.807, 2.05) is 11.8 Å². The monoisotopic (exact) mass is 235 g/mol. The lowest BCUT2D eigenvalue weighted by Gasteiger charge is -2.27. The zero-order valence-corrected chi connectivity index (χ0v) is 10.7. The molecule has 1 fully saturated rings. The molecule has 1 saturated carbocycles. The molecule has 0 spiro atoms. The predicted molar refractivity (Wildman–Crippen MR) is 67.5 cm³/mol. The summed E-state index contributed by atoms with van der Waals surface area (Å²) in [5.74, 6) is 3.18. The minimum Gasteiger partial charge on any atom is -0.316 e. The Kier molecular flexibility index (Phi) is 7.09. The fourth-order valence-corrected chi connectivity index (χ4v) is 2.92. The van der Waals surface area contributed by atoms with E-state index >= 15 is 0 Å². The Hall–Kier alpha value is 0.600. The van der Waals surface area contributed by atoms with Crippen LogP contribution >= 0.6 is 23.4 Å². The van der Waals surface area contributed by atoms with Gasteiger partial charge in [0.2, 0.25) is 0 Å². The molecule has 2 unspecified atom stereocenters. The lowest BCUT2D eigenvalue weighted by molar-refractivity contribution is 0.352. The molecule has 84 valence electrons. The normalized spacial score (nSPS) is 27.9. The molecule has 0 aliphatic heterocycles. The minimum atomic E-state index is 0.426. The SMILES string of the molecule is CCSCCNCC1CCCCC1Cl. The van der Waals surface area contributed by atoms with Gasteiger partial charge in [0.15, 0.2) is 0 Å². The van der Waals surface area contributed by atoms with Crippen molar-refractivity contribution in [2.75, 3.05) is 24.6 Å². The van der Waals surface area contributed by atoms with E-state index in [1.54, 1.807) is 0 Å². The number of thioether (sulfide) groups is 1. The molecular weight excluding hydrogens is 214 g/mol. The Labute approximate surface area is 97.4 Å². The van der Waals surface area contributed by atoms with Crippen LogP contribution in [0.15, 0.2) is 0 Å². The van der Waals surface area contributed by atoms with Gasteiger partial charge in [-0.05, 0) is 31.1 Å². The van der Waals surface area contributed by atoms with Crippen LogP contribution in [0.3, 0.4) is 0 Å². The third kappa shape index (κ3) is 4.90. The first-order valence-corrected chi connectivity index (χ1v) is 7.36. The zero-order chi connectivity index (χ0) is 10.2. The lowest BCUT2D eigenvalue weighted by Crippen LogP contribution is -2.32. The molecule has 1 nitrogen and oxygen atoms in total. The molecule has 14 heavy (non-hydrogen) atoms. The Morgan fingerprint density at radius 3 is 2.86 bits per heavy atom. The minimum absolute atomic E-state index is 0.426. The smallest absolute Gasteiger partial charge is 0.0376 e. The molecule has 1 N–H and O–H groups in total. The maximum atomic E-state index is 6.28. The van der Waals surface area contributed by atoms with Crippen molar-refractivity contribution in [2.24, 2.45) is 5.92 Å². The van der Waals surface area contributed by atoms with Crippen LogP contribution in [0.4, 0.5) is 0 Å². The number of rotatable bonds is 6. The summed E-state index contributed by atoms with van der Waals surface area (Å²) in [6.45, 7) is 4.47. The molecule has 0 saturated heterocycles. The van der Waals surface area contributed by atoms with Crippen LogP contribution in [-0.2, 0) is 0 Å². The van der Waals surface area contributed by atoms with Crippen LogP contribution in [0.25, 0.3) is 0 Å². The maximum Gasteiger partial charge on any atom is 0.0376 e. The van der Waals surface area contributed by atoms with Crippen LogP contribution in [0.1, 0.15) is 32.6 Å². The standard InChI is InChI=1S/C11H22ClNS/c1-2-14-8-7-13-9-10-5-3-4-6-11(10)12/h10-11,13H,2-9H2,1H3. The molecule has 2 atom stereocenters. The number of hydrogen-bond acceptors (Lipinski definition) is 2. The molecule has 1 aliphatic carbocycles. The molecular formula is C11H22ClNS. The van der Waals surface area contributed by atoms with Crippen LogP contribution < -0.4 is 5.32 Å². The maximum absolute atomic E-state index is 6.28. The van der Waals surface area contributed by atoms with Gasteiger partial charge in [0.05, 0.1) is 0 Å². The second kappa shape index (κ2) is 7.84. The fraction of sp³-hybridized carbons (Fsp3) is 1.00. The largest absolute Gasteiger partial charge is 0.316 e. The lowest BCUT2D eigenvalue weighted by atomic mass is 9.89. The van der Waals surface area contributed by atoms with Crippen LogP contribution in [0.5, 0.6) is 0 Å². The number of hydrogen-bond donors (Lipinski definition) is 1. The summed E-state index contributed by atoms with van der Waals surface area (Å²) in [5.41, 5.74) is 0. The van der Waals surface area contributed by atoms with Crippen LogP contribution in [0, 0.1) is 5.92 Å². The average Bonchev–Trinajstić information content (AvgIpc) is 2.20. The van der Waals surface area contributed by atoms with Crippen molar-refractivity contribution in [1.29, 1.82) is 0 Å². The zero-order valence-electron chi connectivity index (χ0n) is 9.10. The Balaban J connectivity index is 1.99. The quantitative estimate of drug-likeness (QED) is 0.561. The van der Waals surface area contributed by atoms with Gasteiger partial charge in [-0.1, -0.05) is 19.8 Å². The molecule has 0 amide bonds. The fourth-order valence-electron chi connectivity index (χ4n) is 1.97. The van der Waals surface area contributed by atoms with Crippen molar-refractivity contribution in [3.05, 3.63) is 0 Å². The van der Waals surface area contributed by atoms with Crippen molar-refractivity contribution in [1.82, 2.24) is 5.32 Å².